The molecule has 0 atom stereocenters. The second-order valence-corrected chi connectivity index (χ2v) is 5.15. The first-order valence-electron chi connectivity index (χ1n) is 6.85. The van der Waals surface area contributed by atoms with Crippen LogP contribution in [0, 0.1) is 0 Å². The molecule has 0 N–H and O–H groups in total. The molecule has 2 amide bonds. The smallest absolute Gasteiger partial charge is 0.228 e. The van der Waals surface area contributed by atoms with Crippen molar-refractivity contribution in [1.29, 1.82) is 0 Å². The van der Waals surface area contributed by atoms with E-state index in [1.54, 1.807) is 36.7 Å². The van der Waals surface area contributed by atoms with Crippen LogP contribution in [0.1, 0.15) is 25.6 Å². The molecule has 1 aromatic heterocycles. The van der Waals surface area contributed by atoms with Gasteiger partial charge in [0.05, 0.1) is 22.7 Å². The normalized spacial score (nSPS) is 12.7. The minimum atomic E-state index is -0.189. The van der Waals surface area contributed by atoms with Gasteiger partial charge in [-0.15, -0.1) is 0 Å². The van der Waals surface area contributed by atoms with Crippen LogP contribution in [0.25, 0.3) is 0 Å². The highest BCUT2D eigenvalue weighted by Crippen LogP contribution is 2.48. The fraction of sp³-hybridized carbons (Fsp3) is 0.188. The molecule has 0 unspecified atom stereocenters. The molecule has 0 saturated heterocycles. The molecule has 0 spiro atoms. The monoisotopic (exact) mass is 297 g/mol. The fourth-order valence-corrected chi connectivity index (χ4v) is 2.74. The molecule has 0 saturated carbocycles. The predicted octanol–water partition coefficient (Wildman–Crippen LogP) is 2.83. The summed E-state index contributed by atoms with van der Waals surface area (Å²) in [5.41, 5.74) is 2.30. The van der Waals surface area contributed by atoms with Crippen LogP contribution in [-0.4, -0.2) is 22.3 Å². The van der Waals surface area contributed by atoms with Crippen molar-refractivity contribution in [1.82, 2.24) is 4.57 Å². The van der Waals surface area contributed by atoms with Gasteiger partial charge in [-0.25, -0.2) is 0 Å². The molecule has 0 radical (unpaired) electrons. The third kappa shape index (κ3) is 1.92. The van der Waals surface area contributed by atoms with Gasteiger partial charge in [-0.1, -0.05) is 12.1 Å². The van der Waals surface area contributed by atoms with E-state index >= 15 is 0 Å². The van der Waals surface area contributed by atoms with Gasteiger partial charge in [0.2, 0.25) is 17.7 Å². The SMILES string of the molecule is CC(=O)N1c2ccccc2N(C(C)=O)c2cn(C(C)=O)cc21. The number of hydrogen-bond acceptors (Lipinski definition) is 3. The number of aromatic nitrogens is 1. The van der Waals surface area contributed by atoms with E-state index in [2.05, 4.69) is 0 Å². The Kier molecular flexibility index (Phi) is 3.09. The number of carbonyl (C=O) groups is 3. The number of hydrogen-bond donors (Lipinski definition) is 0. The van der Waals surface area contributed by atoms with E-state index in [9.17, 15) is 14.4 Å². The average molecular weight is 297 g/mol. The van der Waals surface area contributed by atoms with Crippen LogP contribution in [0.2, 0.25) is 0 Å². The molecule has 0 bridgehead atoms. The number of para-hydroxylation sites is 2. The second-order valence-electron chi connectivity index (χ2n) is 5.15. The maximum Gasteiger partial charge on any atom is 0.228 e. The van der Waals surface area contributed by atoms with Crippen molar-refractivity contribution in [2.75, 3.05) is 9.80 Å². The van der Waals surface area contributed by atoms with E-state index in [4.69, 9.17) is 0 Å². The van der Waals surface area contributed by atoms with Crippen molar-refractivity contribution in [2.45, 2.75) is 20.8 Å². The second kappa shape index (κ2) is 4.84. The molecule has 6 heteroatoms. The van der Waals surface area contributed by atoms with Gasteiger partial charge >= 0.3 is 0 Å². The van der Waals surface area contributed by atoms with Crippen molar-refractivity contribution in [3.05, 3.63) is 36.7 Å². The van der Waals surface area contributed by atoms with E-state index in [0.29, 0.717) is 22.7 Å². The Balaban J connectivity index is 2.32. The molecule has 1 aliphatic heterocycles. The molecule has 0 fully saturated rings. The molecule has 3 rings (SSSR count). The Hall–Kier alpha value is -2.89. The largest absolute Gasteiger partial charge is 0.291 e. The lowest BCUT2D eigenvalue weighted by atomic mass is 10.1. The molecule has 112 valence electrons. The summed E-state index contributed by atoms with van der Waals surface area (Å²) in [5.74, 6) is -0.554. The number of fused-ring (bicyclic) bond motifs is 2. The lowest BCUT2D eigenvalue weighted by molar-refractivity contribution is -0.117. The van der Waals surface area contributed by atoms with Crippen LogP contribution in [0.3, 0.4) is 0 Å². The minimum absolute atomic E-state index is 0.182. The molecule has 6 nitrogen and oxygen atoms in total. The van der Waals surface area contributed by atoms with Gasteiger partial charge in [0, 0.05) is 33.2 Å². The zero-order chi connectivity index (χ0) is 16.0. The Labute approximate surface area is 127 Å². The molecule has 2 aromatic rings. The van der Waals surface area contributed by atoms with Gasteiger partial charge in [-0.2, -0.15) is 0 Å². The van der Waals surface area contributed by atoms with Crippen LogP contribution >= 0.6 is 0 Å². The minimum Gasteiger partial charge on any atom is -0.291 e. The van der Waals surface area contributed by atoms with Gasteiger partial charge in [-0.3, -0.25) is 28.8 Å². The quantitative estimate of drug-likeness (QED) is 0.751. The number of carbonyl (C=O) groups excluding carboxylic acids is 3. The molecule has 1 aliphatic rings. The Morgan fingerprint density at radius 2 is 1.09 bits per heavy atom. The predicted molar refractivity (Wildman–Crippen MR) is 82.8 cm³/mol. The van der Waals surface area contributed by atoms with Crippen molar-refractivity contribution in [3.63, 3.8) is 0 Å². The average Bonchev–Trinajstić information content (AvgIpc) is 2.87. The molecule has 22 heavy (non-hydrogen) atoms. The highest BCUT2D eigenvalue weighted by Gasteiger charge is 2.34. The van der Waals surface area contributed by atoms with Crippen molar-refractivity contribution in [3.8, 4) is 0 Å². The van der Waals surface area contributed by atoms with Gasteiger partial charge in [0.1, 0.15) is 0 Å². The third-order valence-electron chi connectivity index (χ3n) is 3.62. The summed E-state index contributed by atoms with van der Waals surface area (Å²) in [6.45, 7) is 4.33. The summed E-state index contributed by atoms with van der Waals surface area (Å²) in [6.07, 6.45) is 3.15. The van der Waals surface area contributed by atoms with Crippen molar-refractivity contribution >= 4 is 40.5 Å². The fourth-order valence-electron chi connectivity index (χ4n) is 2.74. The number of nitrogens with zero attached hydrogens (tertiary/aromatic N) is 3. The first-order valence-corrected chi connectivity index (χ1v) is 6.85. The Morgan fingerprint density at radius 1 is 0.682 bits per heavy atom. The van der Waals surface area contributed by atoms with Crippen LogP contribution < -0.4 is 9.80 Å². The molecule has 0 aliphatic carbocycles. The maximum atomic E-state index is 12.1. The van der Waals surface area contributed by atoms with Crippen molar-refractivity contribution < 1.29 is 14.4 Å². The molecular formula is C16H15N3O3. The standard InChI is InChI=1S/C16H15N3O3/c1-10(20)17-8-15-16(9-17)19(12(3)22)14-7-5-4-6-13(14)18(15)11(2)21/h4-9H,1-3H3. The first kappa shape index (κ1) is 14.1. The van der Waals surface area contributed by atoms with Crippen LogP contribution in [0.15, 0.2) is 36.7 Å². The molecular weight excluding hydrogens is 282 g/mol. The topological polar surface area (TPSA) is 62.6 Å². The Bertz CT molecular complexity index is 748. The highest BCUT2D eigenvalue weighted by molar-refractivity contribution is 6.15. The third-order valence-corrected chi connectivity index (χ3v) is 3.62. The van der Waals surface area contributed by atoms with Crippen molar-refractivity contribution in [2.24, 2.45) is 0 Å². The zero-order valence-electron chi connectivity index (χ0n) is 12.5. The van der Waals surface area contributed by atoms with E-state index in [0.717, 1.165) is 0 Å². The van der Waals surface area contributed by atoms with Crippen LogP contribution in [-0.2, 0) is 9.59 Å². The van der Waals surface area contributed by atoms with Crippen LogP contribution in [0.4, 0.5) is 22.7 Å². The Morgan fingerprint density at radius 3 is 1.41 bits per heavy atom. The van der Waals surface area contributed by atoms with E-state index in [1.165, 1.54) is 35.1 Å². The van der Waals surface area contributed by atoms with E-state index in [-0.39, 0.29) is 17.7 Å². The summed E-state index contributed by atoms with van der Waals surface area (Å²) in [6, 6.07) is 7.17. The first-order chi connectivity index (χ1) is 10.4. The summed E-state index contributed by atoms with van der Waals surface area (Å²) in [7, 11) is 0. The number of rotatable bonds is 0. The molecule has 1 aromatic carbocycles. The lowest BCUT2D eigenvalue weighted by Crippen LogP contribution is -2.33. The van der Waals surface area contributed by atoms with E-state index < -0.39 is 0 Å². The number of amides is 2. The summed E-state index contributed by atoms with van der Waals surface area (Å²) in [5, 5.41) is 0. The van der Waals surface area contributed by atoms with E-state index in [1.807, 2.05) is 0 Å². The van der Waals surface area contributed by atoms with Gasteiger partial charge in [-0.05, 0) is 12.1 Å². The van der Waals surface area contributed by atoms with Gasteiger partial charge in [0.25, 0.3) is 0 Å². The summed E-state index contributed by atoms with van der Waals surface area (Å²) >= 11 is 0. The van der Waals surface area contributed by atoms with Crippen LogP contribution in [0.5, 0.6) is 0 Å². The molecule has 2 heterocycles. The lowest BCUT2D eigenvalue weighted by Gasteiger charge is -2.35. The van der Waals surface area contributed by atoms with Gasteiger partial charge in [0.15, 0.2) is 0 Å². The highest BCUT2D eigenvalue weighted by atomic mass is 16.2. The number of benzene rings is 1. The maximum absolute atomic E-state index is 12.1. The van der Waals surface area contributed by atoms with Gasteiger partial charge < -0.3 is 0 Å². The number of anilines is 4. The zero-order valence-corrected chi connectivity index (χ0v) is 12.5. The summed E-state index contributed by atoms with van der Waals surface area (Å²) in [4.78, 5) is 38.9. The summed E-state index contributed by atoms with van der Waals surface area (Å²) < 4.78 is 1.38.